The number of hydrogen-bond donors (Lipinski definition) is 1. The normalized spacial score (nSPS) is 24.5. The summed E-state index contributed by atoms with van der Waals surface area (Å²) in [7, 11) is 0. The zero-order valence-electron chi connectivity index (χ0n) is 11.8. The van der Waals surface area contributed by atoms with E-state index in [9.17, 15) is 0 Å². The molecule has 1 atom stereocenters. The van der Waals surface area contributed by atoms with E-state index in [2.05, 4.69) is 20.5 Å². The van der Waals surface area contributed by atoms with Crippen LogP contribution in [0.1, 0.15) is 24.7 Å². The summed E-state index contributed by atoms with van der Waals surface area (Å²) in [5, 5.41) is 12.0. The van der Waals surface area contributed by atoms with Crippen LogP contribution in [-0.2, 0) is 4.74 Å². The molecule has 6 heteroatoms. The van der Waals surface area contributed by atoms with Crippen molar-refractivity contribution in [2.75, 3.05) is 26.3 Å². The van der Waals surface area contributed by atoms with Crippen molar-refractivity contribution in [3.8, 4) is 11.5 Å². The first-order valence-electron chi connectivity index (χ1n) is 7.40. The van der Waals surface area contributed by atoms with Crippen LogP contribution < -0.4 is 5.32 Å². The van der Waals surface area contributed by atoms with Crippen LogP contribution in [0, 0.1) is 5.41 Å². The van der Waals surface area contributed by atoms with Gasteiger partial charge >= 0.3 is 0 Å². The number of ether oxygens (including phenoxy) is 1. The van der Waals surface area contributed by atoms with Crippen LogP contribution in [-0.4, -0.2) is 41.5 Å². The third-order valence-electron chi connectivity index (χ3n) is 4.72. The second kappa shape index (κ2) is 5.20. The van der Waals surface area contributed by atoms with E-state index in [4.69, 9.17) is 9.15 Å². The summed E-state index contributed by atoms with van der Waals surface area (Å²) in [6.45, 7) is 3.55. The van der Waals surface area contributed by atoms with E-state index in [-0.39, 0.29) is 11.3 Å². The molecule has 2 aliphatic rings. The lowest BCUT2D eigenvalue weighted by Gasteiger charge is -2.36. The van der Waals surface area contributed by atoms with Gasteiger partial charge in [-0.2, -0.15) is 0 Å². The van der Waals surface area contributed by atoms with E-state index in [1.165, 1.54) is 0 Å². The monoisotopic (exact) mass is 286 g/mol. The van der Waals surface area contributed by atoms with Gasteiger partial charge in [0.1, 0.15) is 0 Å². The van der Waals surface area contributed by atoms with Crippen molar-refractivity contribution in [2.24, 2.45) is 5.41 Å². The SMILES string of the molecule is c1cc(-c2nnc(C3CNCC34CCOCC4)o2)ccn1. The van der Waals surface area contributed by atoms with Gasteiger partial charge in [0.25, 0.3) is 0 Å². The molecule has 1 unspecified atom stereocenters. The third-order valence-corrected chi connectivity index (χ3v) is 4.72. The van der Waals surface area contributed by atoms with Crippen LogP contribution >= 0.6 is 0 Å². The summed E-state index contributed by atoms with van der Waals surface area (Å²) in [6.07, 6.45) is 5.57. The highest BCUT2D eigenvalue weighted by Gasteiger charge is 2.47. The quantitative estimate of drug-likeness (QED) is 0.904. The largest absolute Gasteiger partial charge is 0.420 e. The van der Waals surface area contributed by atoms with Crippen molar-refractivity contribution in [2.45, 2.75) is 18.8 Å². The van der Waals surface area contributed by atoms with Gasteiger partial charge < -0.3 is 14.5 Å². The maximum atomic E-state index is 5.95. The lowest BCUT2D eigenvalue weighted by Crippen LogP contribution is -2.35. The summed E-state index contributed by atoms with van der Waals surface area (Å²) in [6, 6.07) is 3.77. The summed E-state index contributed by atoms with van der Waals surface area (Å²) in [5.41, 5.74) is 1.12. The molecular weight excluding hydrogens is 268 g/mol. The molecule has 2 aromatic heterocycles. The molecule has 0 aromatic carbocycles. The first-order valence-corrected chi connectivity index (χ1v) is 7.40. The van der Waals surface area contributed by atoms with Crippen molar-refractivity contribution >= 4 is 0 Å². The summed E-state index contributed by atoms with van der Waals surface area (Å²) < 4.78 is 11.5. The fourth-order valence-electron chi connectivity index (χ4n) is 3.44. The molecule has 0 aliphatic carbocycles. The third kappa shape index (κ3) is 2.24. The summed E-state index contributed by atoms with van der Waals surface area (Å²) >= 11 is 0. The van der Waals surface area contributed by atoms with Gasteiger partial charge in [-0.25, -0.2) is 0 Å². The molecule has 0 saturated carbocycles. The first-order chi connectivity index (χ1) is 10.4. The standard InChI is InChI=1S/C15H18N4O2/c1-5-16-6-2-11(1)13-18-19-14(21-13)12-9-17-10-15(12)3-7-20-8-4-15/h1-2,5-6,12,17H,3-4,7-10H2. The van der Waals surface area contributed by atoms with Gasteiger partial charge in [0.05, 0.1) is 5.92 Å². The molecule has 0 bridgehead atoms. The molecule has 6 nitrogen and oxygen atoms in total. The zero-order valence-corrected chi connectivity index (χ0v) is 11.8. The topological polar surface area (TPSA) is 73.1 Å². The Morgan fingerprint density at radius 1 is 1.14 bits per heavy atom. The highest BCUT2D eigenvalue weighted by molar-refractivity contribution is 5.50. The van der Waals surface area contributed by atoms with E-state index < -0.39 is 0 Å². The van der Waals surface area contributed by atoms with Gasteiger partial charge in [0.15, 0.2) is 0 Å². The zero-order chi connectivity index (χ0) is 14.1. The molecule has 0 radical (unpaired) electrons. The molecule has 1 N–H and O–H groups in total. The Balaban J connectivity index is 1.63. The number of nitrogens with one attached hydrogen (secondary N) is 1. The second-order valence-electron chi connectivity index (χ2n) is 5.84. The smallest absolute Gasteiger partial charge is 0.247 e. The maximum Gasteiger partial charge on any atom is 0.247 e. The van der Waals surface area contributed by atoms with E-state index in [1.54, 1.807) is 12.4 Å². The minimum Gasteiger partial charge on any atom is -0.420 e. The summed E-state index contributed by atoms with van der Waals surface area (Å²) in [4.78, 5) is 4.01. The number of nitrogens with zero attached hydrogens (tertiary/aromatic N) is 3. The van der Waals surface area contributed by atoms with E-state index in [0.29, 0.717) is 5.89 Å². The van der Waals surface area contributed by atoms with Crippen LogP contribution in [0.25, 0.3) is 11.5 Å². The first kappa shape index (κ1) is 12.9. The number of hydrogen-bond acceptors (Lipinski definition) is 6. The molecular formula is C15H18N4O2. The average Bonchev–Trinajstić information content (AvgIpc) is 3.16. The molecule has 110 valence electrons. The molecule has 0 amide bonds. The number of aromatic nitrogens is 3. The van der Waals surface area contributed by atoms with Crippen molar-refractivity contribution in [3.63, 3.8) is 0 Å². The van der Waals surface area contributed by atoms with Gasteiger partial charge in [-0.1, -0.05) is 0 Å². The minimum atomic E-state index is 0.209. The van der Waals surface area contributed by atoms with Crippen LogP contribution in [0.4, 0.5) is 0 Å². The van der Waals surface area contributed by atoms with Crippen LogP contribution in [0.3, 0.4) is 0 Å². The lowest BCUT2D eigenvalue weighted by atomic mass is 9.72. The van der Waals surface area contributed by atoms with Gasteiger partial charge in [0, 0.05) is 44.3 Å². The van der Waals surface area contributed by atoms with Gasteiger partial charge in [-0.3, -0.25) is 4.98 Å². The molecule has 1 spiro atoms. The minimum absolute atomic E-state index is 0.209. The van der Waals surface area contributed by atoms with Crippen molar-refractivity contribution in [1.29, 1.82) is 0 Å². The second-order valence-corrected chi connectivity index (χ2v) is 5.84. The van der Waals surface area contributed by atoms with Crippen LogP contribution in [0.5, 0.6) is 0 Å². The Hall–Kier alpha value is -1.79. The summed E-state index contributed by atoms with van der Waals surface area (Å²) in [5.74, 6) is 1.60. The highest BCUT2D eigenvalue weighted by Crippen LogP contribution is 2.46. The molecule has 21 heavy (non-hydrogen) atoms. The molecule has 2 aliphatic heterocycles. The molecule has 2 aromatic rings. The van der Waals surface area contributed by atoms with Crippen LogP contribution in [0.15, 0.2) is 28.9 Å². The van der Waals surface area contributed by atoms with E-state index >= 15 is 0 Å². The van der Waals surface area contributed by atoms with Crippen molar-refractivity contribution in [3.05, 3.63) is 30.4 Å². The van der Waals surface area contributed by atoms with Gasteiger partial charge in [0.2, 0.25) is 11.8 Å². The average molecular weight is 286 g/mol. The Labute approximate surface area is 122 Å². The lowest BCUT2D eigenvalue weighted by molar-refractivity contribution is 0.0130. The fraction of sp³-hybridized carbons (Fsp3) is 0.533. The Morgan fingerprint density at radius 2 is 1.95 bits per heavy atom. The number of rotatable bonds is 2. The van der Waals surface area contributed by atoms with Gasteiger partial charge in [-0.05, 0) is 30.4 Å². The Kier molecular flexibility index (Phi) is 3.20. The van der Waals surface area contributed by atoms with Crippen molar-refractivity contribution < 1.29 is 9.15 Å². The van der Waals surface area contributed by atoms with Crippen LogP contribution in [0.2, 0.25) is 0 Å². The predicted molar refractivity (Wildman–Crippen MR) is 75.6 cm³/mol. The fourth-order valence-corrected chi connectivity index (χ4v) is 3.44. The van der Waals surface area contributed by atoms with E-state index in [0.717, 1.165) is 50.6 Å². The number of pyridine rings is 1. The predicted octanol–water partition coefficient (Wildman–Crippen LogP) is 1.62. The molecule has 4 rings (SSSR count). The molecule has 2 fully saturated rings. The Morgan fingerprint density at radius 3 is 2.76 bits per heavy atom. The highest BCUT2D eigenvalue weighted by atomic mass is 16.5. The van der Waals surface area contributed by atoms with Gasteiger partial charge in [-0.15, -0.1) is 10.2 Å². The molecule has 2 saturated heterocycles. The Bertz CT molecular complexity index is 607. The molecule has 4 heterocycles. The maximum absolute atomic E-state index is 5.95. The van der Waals surface area contributed by atoms with Crippen molar-refractivity contribution in [1.82, 2.24) is 20.5 Å². The van der Waals surface area contributed by atoms with E-state index in [1.807, 2.05) is 12.1 Å².